The van der Waals surface area contributed by atoms with Crippen LogP contribution in [-0.2, 0) is 9.59 Å². The molecule has 178 valence electrons. The molecule has 0 aromatic heterocycles. The number of hydrogen-bond donors (Lipinski definition) is 2. The number of para-hydroxylation sites is 1. The molecule has 1 atom stereocenters. The molecule has 0 bridgehead atoms. The number of Topliss-reactive ketones (excluding diaryl/α,β-unsaturated/α-hetero) is 2. The fourth-order valence-electron chi connectivity index (χ4n) is 3.52. The van der Waals surface area contributed by atoms with Crippen molar-refractivity contribution in [2.24, 2.45) is 11.0 Å². The lowest BCUT2D eigenvalue weighted by molar-refractivity contribution is -0.117. The molecule has 0 saturated carbocycles. The molecule has 0 aliphatic carbocycles. The first-order valence-electron chi connectivity index (χ1n) is 12.2. The number of amides is 1. The summed E-state index contributed by atoms with van der Waals surface area (Å²) < 4.78 is 0. The maximum atomic E-state index is 12.7. The van der Waals surface area contributed by atoms with E-state index in [-0.39, 0.29) is 11.5 Å². The summed E-state index contributed by atoms with van der Waals surface area (Å²) in [5.74, 6) is -0.484. The molecule has 0 aliphatic rings. The van der Waals surface area contributed by atoms with Gasteiger partial charge in [-0.25, -0.2) is 0 Å². The molecule has 0 saturated heterocycles. The second-order valence-electron chi connectivity index (χ2n) is 8.39. The average Bonchev–Trinajstić information content (AvgIpc) is 2.79. The molecule has 0 spiro atoms. The topological polar surface area (TPSA) is 87.6 Å². The lowest BCUT2D eigenvalue weighted by atomic mass is 9.99. The first-order valence-corrected chi connectivity index (χ1v) is 12.2. The van der Waals surface area contributed by atoms with E-state index >= 15 is 0 Å². The van der Waals surface area contributed by atoms with Crippen molar-refractivity contribution < 1.29 is 14.4 Å². The van der Waals surface area contributed by atoms with E-state index in [9.17, 15) is 14.4 Å². The lowest BCUT2D eigenvalue weighted by Crippen LogP contribution is -2.38. The minimum Gasteiger partial charge on any atom is -0.350 e. The smallest absolute Gasteiger partial charge is 0.275 e. The lowest BCUT2D eigenvalue weighted by Gasteiger charge is -2.15. The van der Waals surface area contributed by atoms with Crippen LogP contribution in [0.15, 0.2) is 29.4 Å². The molecule has 1 aromatic rings. The summed E-state index contributed by atoms with van der Waals surface area (Å²) >= 11 is 0. The molecule has 6 nitrogen and oxygen atoms in total. The predicted molar refractivity (Wildman–Crippen MR) is 132 cm³/mol. The number of unbranched alkanes of at least 4 members (excludes halogenated alkanes) is 5. The Bertz CT molecular complexity index is 758. The van der Waals surface area contributed by atoms with Gasteiger partial charge >= 0.3 is 0 Å². The number of rotatable bonds is 17. The fourth-order valence-corrected chi connectivity index (χ4v) is 3.52. The van der Waals surface area contributed by atoms with Crippen molar-refractivity contribution in [2.45, 2.75) is 91.9 Å². The van der Waals surface area contributed by atoms with E-state index in [2.05, 4.69) is 36.6 Å². The Kier molecular flexibility index (Phi) is 13.9. The molecular weight excluding hydrogens is 402 g/mol. The van der Waals surface area contributed by atoms with Crippen LogP contribution in [0.2, 0.25) is 0 Å². The largest absolute Gasteiger partial charge is 0.350 e. The van der Waals surface area contributed by atoms with Crippen LogP contribution >= 0.6 is 0 Å². The van der Waals surface area contributed by atoms with Gasteiger partial charge in [0.05, 0.1) is 5.69 Å². The highest BCUT2D eigenvalue weighted by Crippen LogP contribution is 2.19. The summed E-state index contributed by atoms with van der Waals surface area (Å²) in [6.45, 7) is 8.26. The molecule has 1 amide bonds. The minimum atomic E-state index is -0.486. The van der Waals surface area contributed by atoms with Crippen molar-refractivity contribution >= 4 is 28.9 Å². The number of benzene rings is 1. The highest BCUT2D eigenvalue weighted by atomic mass is 16.2. The van der Waals surface area contributed by atoms with E-state index < -0.39 is 11.7 Å². The Labute approximate surface area is 193 Å². The van der Waals surface area contributed by atoms with Crippen LogP contribution in [0.4, 0.5) is 5.69 Å². The van der Waals surface area contributed by atoms with Crippen LogP contribution in [0, 0.1) is 5.92 Å². The Hall–Kier alpha value is -2.50. The first-order chi connectivity index (χ1) is 15.4. The predicted octanol–water partition coefficient (Wildman–Crippen LogP) is 5.92. The van der Waals surface area contributed by atoms with Crippen LogP contribution in [0.25, 0.3) is 0 Å². The van der Waals surface area contributed by atoms with Crippen LogP contribution < -0.4 is 10.7 Å². The second-order valence-corrected chi connectivity index (χ2v) is 8.39. The minimum absolute atomic E-state index is 0.0373. The number of hydrazone groups is 1. The molecular formula is C26H41N3O3. The molecule has 2 N–H and O–H groups in total. The van der Waals surface area contributed by atoms with Gasteiger partial charge in [0, 0.05) is 25.5 Å². The zero-order valence-electron chi connectivity index (χ0n) is 20.3. The van der Waals surface area contributed by atoms with Crippen molar-refractivity contribution in [2.75, 3.05) is 12.0 Å². The zero-order chi connectivity index (χ0) is 23.8. The van der Waals surface area contributed by atoms with Crippen LogP contribution in [0.5, 0.6) is 0 Å². The van der Waals surface area contributed by atoms with E-state index in [4.69, 9.17) is 0 Å². The number of hydrogen-bond acceptors (Lipinski definition) is 5. The highest BCUT2D eigenvalue weighted by molar-refractivity contribution is 6.65. The van der Waals surface area contributed by atoms with Gasteiger partial charge in [-0.3, -0.25) is 19.8 Å². The zero-order valence-corrected chi connectivity index (χ0v) is 20.3. The normalized spacial score (nSPS) is 12.3. The summed E-state index contributed by atoms with van der Waals surface area (Å²) in [6.07, 6.45) is 10.1. The molecule has 1 rings (SSSR count). The quantitative estimate of drug-likeness (QED) is 0.103. The van der Waals surface area contributed by atoms with Gasteiger partial charge in [0.25, 0.3) is 5.91 Å². The SMILES string of the molecule is CCCCCCCC(=O)c1ccccc1N/N=C(/C(C)=O)C(=O)NCC(CC)CCCC. The third-order valence-corrected chi connectivity index (χ3v) is 5.67. The van der Waals surface area contributed by atoms with Crippen LogP contribution in [0.3, 0.4) is 0 Å². The molecule has 1 aromatic carbocycles. The van der Waals surface area contributed by atoms with Crippen molar-refractivity contribution in [3.05, 3.63) is 29.8 Å². The molecule has 0 heterocycles. The third-order valence-electron chi connectivity index (χ3n) is 5.67. The molecule has 6 heteroatoms. The van der Waals surface area contributed by atoms with Gasteiger partial charge in [-0.2, -0.15) is 5.10 Å². The van der Waals surface area contributed by atoms with Gasteiger partial charge in [0.1, 0.15) is 0 Å². The van der Waals surface area contributed by atoms with E-state index in [0.29, 0.717) is 30.1 Å². The maximum absolute atomic E-state index is 12.7. The van der Waals surface area contributed by atoms with E-state index in [1.807, 2.05) is 0 Å². The Morgan fingerprint density at radius 2 is 1.62 bits per heavy atom. The van der Waals surface area contributed by atoms with Crippen molar-refractivity contribution in [3.63, 3.8) is 0 Å². The number of anilines is 1. The molecule has 0 radical (unpaired) electrons. The first kappa shape index (κ1) is 27.5. The van der Waals surface area contributed by atoms with E-state index in [0.717, 1.165) is 44.9 Å². The Balaban J connectivity index is 2.79. The van der Waals surface area contributed by atoms with Gasteiger partial charge in [-0.1, -0.05) is 77.8 Å². The monoisotopic (exact) mass is 443 g/mol. The van der Waals surface area contributed by atoms with Gasteiger partial charge < -0.3 is 5.32 Å². The molecule has 0 aliphatic heterocycles. The van der Waals surface area contributed by atoms with Crippen LogP contribution in [-0.4, -0.2) is 29.7 Å². The van der Waals surface area contributed by atoms with Crippen LogP contribution in [0.1, 0.15) is 102 Å². The van der Waals surface area contributed by atoms with Gasteiger partial charge in [0.2, 0.25) is 0 Å². The van der Waals surface area contributed by atoms with Crippen molar-refractivity contribution in [1.82, 2.24) is 5.32 Å². The number of nitrogens with one attached hydrogen (secondary N) is 2. The number of nitrogens with zero attached hydrogens (tertiary/aromatic N) is 1. The van der Waals surface area contributed by atoms with Crippen molar-refractivity contribution in [1.29, 1.82) is 0 Å². The number of ketones is 2. The van der Waals surface area contributed by atoms with Crippen molar-refractivity contribution in [3.8, 4) is 0 Å². The molecule has 0 fully saturated rings. The average molecular weight is 444 g/mol. The summed E-state index contributed by atoms with van der Waals surface area (Å²) in [7, 11) is 0. The molecule has 1 unspecified atom stereocenters. The standard InChI is InChI=1S/C26H41N3O3/c1-5-8-10-11-12-18-24(31)22-16-13-14-17-23(22)28-29-25(20(4)30)26(32)27-19-21(7-3)15-9-6-2/h13-14,16-17,21,28H,5-12,15,18-19H2,1-4H3,(H,27,32)/b29-25-. The maximum Gasteiger partial charge on any atom is 0.275 e. The fraction of sp³-hybridized carbons (Fsp3) is 0.615. The van der Waals surface area contributed by atoms with Gasteiger partial charge in [-0.15, -0.1) is 0 Å². The highest BCUT2D eigenvalue weighted by Gasteiger charge is 2.19. The number of carbonyl (C=O) groups is 3. The number of carbonyl (C=O) groups excluding carboxylic acids is 3. The Morgan fingerprint density at radius 1 is 0.938 bits per heavy atom. The molecule has 32 heavy (non-hydrogen) atoms. The van der Waals surface area contributed by atoms with E-state index in [1.54, 1.807) is 24.3 Å². The van der Waals surface area contributed by atoms with Gasteiger partial charge in [0.15, 0.2) is 17.3 Å². The second kappa shape index (κ2) is 16.2. The van der Waals surface area contributed by atoms with E-state index in [1.165, 1.54) is 19.8 Å². The summed E-state index contributed by atoms with van der Waals surface area (Å²) in [5.41, 5.74) is 3.64. The summed E-state index contributed by atoms with van der Waals surface area (Å²) in [6, 6.07) is 7.09. The summed E-state index contributed by atoms with van der Waals surface area (Å²) in [5, 5.41) is 6.92. The van der Waals surface area contributed by atoms with Gasteiger partial charge in [-0.05, 0) is 30.9 Å². The third kappa shape index (κ3) is 10.2. The summed E-state index contributed by atoms with van der Waals surface area (Å²) in [4.78, 5) is 37.3. The Morgan fingerprint density at radius 3 is 2.28 bits per heavy atom.